The monoisotopic (exact) mass is 255 g/mol. The first kappa shape index (κ1) is 15.9. The van der Waals surface area contributed by atoms with Crippen LogP contribution < -0.4 is 5.73 Å². The number of likely N-dealkylation sites (N-methyl/N-ethyl adjacent to an activating group) is 1. The van der Waals surface area contributed by atoms with Crippen molar-refractivity contribution in [1.29, 1.82) is 0 Å². The smallest absolute Gasteiger partial charge is 0.0254 e. The summed E-state index contributed by atoms with van der Waals surface area (Å²) in [5.74, 6) is 1.66. The van der Waals surface area contributed by atoms with Gasteiger partial charge in [-0.05, 0) is 58.3 Å². The molecule has 1 fully saturated rings. The van der Waals surface area contributed by atoms with Gasteiger partial charge in [-0.25, -0.2) is 0 Å². The molecule has 0 aromatic carbocycles. The molecule has 0 radical (unpaired) electrons. The van der Waals surface area contributed by atoms with Crippen LogP contribution in [0.4, 0.5) is 0 Å². The highest BCUT2D eigenvalue weighted by atomic mass is 15.2. The second kappa shape index (κ2) is 8.13. The van der Waals surface area contributed by atoms with Gasteiger partial charge in [0.1, 0.15) is 0 Å². The van der Waals surface area contributed by atoms with Gasteiger partial charge in [0.05, 0.1) is 0 Å². The topological polar surface area (TPSA) is 32.5 Å². The molecule has 18 heavy (non-hydrogen) atoms. The normalized spacial score (nSPS) is 27.0. The molecular formula is C15H33N3. The minimum absolute atomic E-state index is 0.746. The number of hydrogen-bond acceptors (Lipinski definition) is 3. The van der Waals surface area contributed by atoms with Gasteiger partial charge in [-0.15, -0.1) is 0 Å². The van der Waals surface area contributed by atoms with Crippen LogP contribution in [0.2, 0.25) is 0 Å². The summed E-state index contributed by atoms with van der Waals surface area (Å²) in [5, 5.41) is 0. The Kier molecular flexibility index (Phi) is 7.20. The van der Waals surface area contributed by atoms with Crippen LogP contribution >= 0.6 is 0 Å². The number of likely N-dealkylation sites (tertiary alicyclic amines) is 1. The van der Waals surface area contributed by atoms with Crippen molar-refractivity contribution < 1.29 is 0 Å². The molecule has 0 saturated carbocycles. The number of nitrogens with zero attached hydrogens (tertiary/aromatic N) is 2. The third-order valence-corrected chi connectivity index (χ3v) is 4.55. The standard InChI is InChI=1S/C15H33N3/c1-5-14(8-9-16)7-6-10-18-11-13(2)15(12-18)17(3)4/h13-15H,5-12,16H2,1-4H3. The van der Waals surface area contributed by atoms with E-state index in [4.69, 9.17) is 5.73 Å². The van der Waals surface area contributed by atoms with E-state index < -0.39 is 0 Å². The van der Waals surface area contributed by atoms with Gasteiger partial charge >= 0.3 is 0 Å². The van der Waals surface area contributed by atoms with E-state index in [0.717, 1.165) is 24.4 Å². The predicted molar refractivity (Wildman–Crippen MR) is 79.8 cm³/mol. The van der Waals surface area contributed by atoms with Crippen molar-refractivity contribution in [1.82, 2.24) is 9.80 Å². The lowest BCUT2D eigenvalue weighted by Gasteiger charge is -2.22. The molecule has 0 aliphatic carbocycles. The van der Waals surface area contributed by atoms with E-state index in [2.05, 4.69) is 37.7 Å². The van der Waals surface area contributed by atoms with Gasteiger partial charge in [0, 0.05) is 19.1 Å². The number of hydrogen-bond donors (Lipinski definition) is 1. The van der Waals surface area contributed by atoms with Crippen LogP contribution in [0, 0.1) is 11.8 Å². The highest BCUT2D eigenvalue weighted by Crippen LogP contribution is 2.21. The Bertz CT molecular complexity index is 218. The van der Waals surface area contributed by atoms with Crippen LogP contribution in [-0.2, 0) is 0 Å². The van der Waals surface area contributed by atoms with E-state index in [1.165, 1.54) is 45.3 Å². The molecule has 108 valence electrons. The van der Waals surface area contributed by atoms with Crippen LogP contribution in [0.15, 0.2) is 0 Å². The van der Waals surface area contributed by atoms with E-state index in [1.54, 1.807) is 0 Å². The molecule has 0 bridgehead atoms. The zero-order valence-corrected chi connectivity index (χ0v) is 12.9. The molecule has 1 saturated heterocycles. The van der Waals surface area contributed by atoms with E-state index in [9.17, 15) is 0 Å². The van der Waals surface area contributed by atoms with Crippen molar-refractivity contribution in [2.24, 2.45) is 17.6 Å². The van der Waals surface area contributed by atoms with Crippen molar-refractivity contribution in [3.63, 3.8) is 0 Å². The zero-order chi connectivity index (χ0) is 13.5. The zero-order valence-electron chi connectivity index (χ0n) is 12.9. The van der Waals surface area contributed by atoms with Gasteiger partial charge in [-0.2, -0.15) is 0 Å². The minimum atomic E-state index is 0.746. The highest BCUT2D eigenvalue weighted by molar-refractivity contribution is 4.86. The third kappa shape index (κ3) is 4.87. The fraction of sp³-hybridized carbons (Fsp3) is 1.00. The Morgan fingerprint density at radius 3 is 2.50 bits per heavy atom. The van der Waals surface area contributed by atoms with Crippen LogP contribution in [0.1, 0.15) is 39.5 Å². The first-order valence-electron chi connectivity index (χ1n) is 7.67. The summed E-state index contributed by atoms with van der Waals surface area (Å²) in [6, 6.07) is 0.746. The molecule has 3 heteroatoms. The maximum absolute atomic E-state index is 5.65. The summed E-state index contributed by atoms with van der Waals surface area (Å²) in [5.41, 5.74) is 5.65. The van der Waals surface area contributed by atoms with Crippen LogP contribution in [-0.4, -0.2) is 56.1 Å². The van der Waals surface area contributed by atoms with E-state index >= 15 is 0 Å². The van der Waals surface area contributed by atoms with Crippen molar-refractivity contribution >= 4 is 0 Å². The SMILES string of the molecule is CCC(CCN)CCCN1CC(C)C(N(C)C)C1. The Labute approximate surface area is 114 Å². The Balaban J connectivity index is 2.21. The van der Waals surface area contributed by atoms with E-state index in [-0.39, 0.29) is 0 Å². The van der Waals surface area contributed by atoms with E-state index in [0.29, 0.717) is 0 Å². The summed E-state index contributed by atoms with van der Waals surface area (Å²) in [4.78, 5) is 5.03. The van der Waals surface area contributed by atoms with E-state index in [1.807, 2.05) is 0 Å². The van der Waals surface area contributed by atoms with Gasteiger partial charge < -0.3 is 15.5 Å². The maximum Gasteiger partial charge on any atom is 0.0254 e. The highest BCUT2D eigenvalue weighted by Gasteiger charge is 2.30. The molecule has 0 aromatic heterocycles. The minimum Gasteiger partial charge on any atom is -0.330 e. The second-order valence-electron chi connectivity index (χ2n) is 6.26. The molecule has 2 N–H and O–H groups in total. The Morgan fingerprint density at radius 1 is 1.28 bits per heavy atom. The lowest BCUT2D eigenvalue weighted by atomic mass is 9.97. The molecule has 3 nitrogen and oxygen atoms in total. The second-order valence-corrected chi connectivity index (χ2v) is 6.26. The van der Waals surface area contributed by atoms with Crippen molar-refractivity contribution in [2.75, 3.05) is 40.3 Å². The molecule has 1 rings (SSSR count). The summed E-state index contributed by atoms with van der Waals surface area (Å²) in [6.07, 6.45) is 5.18. The largest absolute Gasteiger partial charge is 0.330 e. The molecule has 1 heterocycles. The summed E-state index contributed by atoms with van der Waals surface area (Å²) < 4.78 is 0. The Hall–Kier alpha value is -0.120. The van der Waals surface area contributed by atoms with Gasteiger partial charge in [0.2, 0.25) is 0 Å². The summed E-state index contributed by atoms with van der Waals surface area (Å²) in [6.45, 7) is 9.32. The molecular weight excluding hydrogens is 222 g/mol. The first-order valence-corrected chi connectivity index (χ1v) is 7.67. The molecule has 0 aromatic rings. The molecule has 1 aliphatic rings. The van der Waals surface area contributed by atoms with Crippen LogP contribution in [0.5, 0.6) is 0 Å². The van der Waals surface area contributed by atoms with Crippen molar-refractivity contribution in [2.45, 2.75) is 45.6 Å². The fourth-order valence-electron chi connectivity index (χ4n) is 3.29. The lowest BCUT2D eigenvalue weighted by Crippen LogP contribution is -2.34. The van der Waals surface area contributed by atoms with Gasteiger partial charge in [0.15, 0.2) is 0 Å². The molecule has 0 amide bonds. The van der Waals surface area contributed by atoms with Gasteiger partial charge in [-0.3, -0.25) is 0 Å². The molecule has 0 spiro atoms. The Morgan fingerprint density at radius 2 is 2.00 bits per heavy atom. The van der Waals surface area contributed by atoms with Crippen molar-refractivity contribution in [3.05, 3.63) is 0 Å². The summed E-state index contributed by atoms with van der Waals surface area (Å²) >= 11 is 0. The fourth-order valence-corrected chi connectivity index (χ4v) is 3.29. The van der Waals surface area contributed by atoms with Crippen LogP contribution in [0.25, 0.3) is 0 Å². The number of nitrogens with two attached hydrogens (primary N) is 1. The lowest BCUT2D eigenvalue weighted by molar-refractivity contribution is 0.248. The maximum atomic E-state index is 5.65. The molecule has 3 unspecified atom stereocenters. The number of rotatable bonds is 8. The predicted octanol–water partition coefficient (Wildman–Crippen LogP) is 2.02. The average Bonchev–Trinajstić information content (AvgIpc) is 2.69. The molecule has 1 aliphatic heterocycles. The molecule has 3 atom stereocenters. The van der Waals surface area contributed by atoms with Crippen LogP contribution in [0.3, 0.4) is 0 Å². The quantitative estimate of drug-likeness (QED) is 0.720. The van der Waals surface area contributed by atoms with Crippen molar-refractivity contribution in [3.8, 4) is 0 Å². The third-order valence-electron chi connectivity index (χ3n) is 4.55. The van der Waals surface area contributed by atoms with Gasteiger partial charge in [0.25, 0.3) is 0 Å². The average molecular weight is 255 g/mol. The summed E-state index contributed by atoms with van der Waals surface area (Å²) in [7, 11) is 4.41. The van der Waals surface area contributed by atoms with Gasteiger partial charge in [-0.1, -0.05) is 20.3 Å². The first-order chi connectivity index (χ1) is 8.58.